The largest absolute Gasteiger partial charge is 0.352 e. The molecule has 2 aromatic rings. The van der Waals surface area contributed by atoms with Crippen LogP contribution in [0.1, 0.15) is 30.9 Å². The molecule has 0 saturated carbocycles. The molecule has 27 heavy (non-hydrogen) atoms. The van der Waals surface area contributed by atoms with Crippen LogP contribution < -0.4 is 10.6 Å². The van der Waals surface area contributed by atoms with Crippen molar-refractivity contribution in [3.05, 3.63) is 53.9 Å². The molecular formula is C20H28N6O. The molecule has 7 heteroatoms. The van der Waals surface area contributed by atoms with Gasteiger partial charge in [-0.1, -0.05) is 31.2 Å². The molecule has 1 amide bonds. The Morgan fingerprint density at radius 1 is 1.30 bits per heavy atom. The highest BCUT2D eigenvalue weighted by Crippen LogP contribution is 2.12. The molecule has 7 nitrogen and oxygen atoms in total. The van der Waals surface area contributed by atoms with Gasteiger partial charge in [0.25, 0.3) is 0 Å². The third kappa shape index (κ3) is 5.09. The Balaban J connectivity index is 1.55. The highest BCUT2D eigenvalue weighted by Gasteiger charge is 2.25. The van der Waals surface area contributed by atoms with Gasteiger partial charge in [-0.3, -0.25) is 14.5 Å². The SMILES string of the molecule is CCC(=O)N1CCC(NC(=NC)NCc2ccccc2Cn2cccn2)C1. The molecule has 1 aliphatic rings. The number of hydrogen-bond acceptors (Lipinski definition) is 3. The number of nitrogens with one attached hydrogen (secondary N) is 2. The van der Waals surface area contributed by atoms with Gasteiger partial charge in [0.15, 0.2) is 5.96 Å². The minimum atomic E-state index is 0.217. The molecule has 2 N–H and O–H groups in total. The molecule has 144 valence electrons. The Morgan fingerprint density at radius 3 is 2.81 bits per heavy atom. The monoisotopic (exact) mass is 368 g/mol. The first-order chi connectivity index (χ1) is 13.2. The number of guanidine groups is 1. The van der Waals surface area contributed by atoms with E-state index in [1.165, 1.54) is 11.1 Å². The fourth-order valence-electron chi connectivity index (χ4n) is 3.35. The first-order valence-corrected chi connectivity index (χ1v) is 9.48. The van der Waals surface area contributed by atoms with Crippen molar-refractivity contribution in [1.29, 1.82) is 0 Å². The average Bonchev–Trinajstić information content (AvgIpc) is 3.37. The van der Waals surface area contributed by atoms with Crippen LogP contribution in [0.3, 0.4) is 0 Å². The van der Waals surface area contributed by atoms with Gasteiger partial charge in [0.2, 0.25) is 5.91 Å². The highest BCUT2D eigenvalue weighted by atomic mass is 16.2. The van der Waals surface area contributed by atoms with Crippen molar-refractivity contribution in [3.8, 4) is 0 Å². The number of carbonyl (C=O) groups excluding carboxylic acids is 1. The molecule has 2 heterocycles. The summed E-state index contributed by atoms with van der Waals surface area (Å²) in [5.74, 6) is 0.981. The van der Waals surface area contributed by atoms with Crippen LogP contribution in [-0.2, 0) is 17.9 Å². The smallest absolute Gasteiger partial charge is 0.222 e. The molecule has 1 aromatic heterocycles. The zero-order valence-electron chi connectivity index (χ0n) is 16.1. The number of hydrogen-bond donors (Lipinski definition) is 2. The van der Waals surface area contributed by atoms with Gasteiger partial charge < -0.3 is 15.5 Å². The van der Waals surface area contributed by atoms with Gasteiger partial charge in [-0.05, 0) is 23.6 Å². The number of aromatic nitrogens is 2. The van der Waals surface area contributed by atoms with Gasteiger partial charge in [0, 0.05) is 51.5 Å². The van der Waals surface area contributed by atoms with Crippen molar-refractivity contribution >= 4 is 11.9 Å². The van der Waals surface area contributed by atoms with Crippen LogP contribution in [0, 0.1) is 0 Å². The maximum Gasteiger partial charge on any atom is 0.222 e. The topological polar surface area (TPSA) is 74.6 Å². The summed E-state index contributed by atoms with van der Waals surface area (Å²) in [5.41, 5.74) is 2.44. The molecule has 1 unspecified atom stereocenters. The Hall–Kier alpha value is -2.83. The van der Waals surface area contributed by atoms with E-state index >= 15 is 0 Å². The van der Waals surface area contributed by atoms with Gasteiger partial charge in [-0.15, -0.1) is 0 Å². The number of carbonyl (C=O) groups is 1. The van der Waals surface area contributed by atoms with Crippen LogP contribution in [0.25, 0.3) is 0 Å². The molecule has 1 aromatic carbocycles. The van der Waals surface area contributed by atoms with E-state index in [9.17, 15) is 4.79 Å². The van der Waals surface area contributed by atoms with Gasteiger partial charge >= 0.3 is 0 Å². The van der Waals surface area contributed by atoms with Crippen molar-refractivity contribution in [2.45, 2.75) is 38.9 Å². The van der Waals surface area contributed by atoms with Crippen molar-refractivity contribution in [1.82, 2.24) is 25.3 Å². The van der Waals surface area contributed by atoms with Crippen molar-refractivity contribution < 1.29 is 4.79 Å². The number of nitrogens with zero attached hydrogens (tertiary/aromatic N) is 4. The van der Waals surface area contributed by atoms with E-state index in [-0.39, 0.29) is 11.9 Å². The van der Waals surface area contributed by atoms with Crippen LogP contribution in [0.15, 0.2) is 47.7 Å². The van der Waals surface area contributed by atoms with Crippen LogP contribution in [-0.4, -0.2) is 52.7 Å². The van der Waals surface area contributed by atoms with Crippen LogP contribution in [0.2, 0.25) is 0 Å². The van der Waals surface area contributed by atoms with E-state index in [0.29, 0.717) is 13.0 Å². The Labute approximate surface area is 160 Å². The number of aliphatic imine (C=N–C) groups is 1. The lowest BCUT2D eigenvalue weighted by Gasteiger charge is -2.19. The Kier molecular flexibility index (Phi) is 6.46. The quantitative estimate of drug-likeness (QED) is 0.600. The average molecular weight is 368 g/mol. The molecule has 1 fully saturated rings. The second-order valence-corrected chi connectivity index (χ2v) is 6.72. The molecule has 3 rings (SSSR count). The predicted octanol–water partition coefficient (Wildman–Crippen LogP) is 1.61. The molecule has 0 bridgehead atoms. The summed E-state index contributed by atoms with van der Waals surface area (Å²) in [6, 6.07) is 10.5. The summed E-state index contributed by atoms with van der Waals surface area (Å²) >= 11 is 0. The molecular weight excluding hydrogens is 340 g/mol. The predicted molar refractivity (Wildman–Crippen MR) is 106 cm³/mol. The van der Waals surface area contributed by atoms with Gasteiger partial charge in [0.1, 0.15) is 0 Å². The van der Waals surface area contributed by atoms with Crippen LogP contribution in [0.4, 0.5) is 0 Å². The molecule has 0 aliphatic carbocycles. The second kappa shape index (κ2) is 9.21. The fraction of sp³-hybridized carbons (Fsp3) is 0.450. The van der Waals surface area contributed by atoms with Crippen molar-refractivity contribution in [3.63, 3.8) is 0 Å². The van der Waals surface area contributed by atoms with Gasteiger partial charge in [-0.2, -0.15) is 5.10 Å². The minimum Gasteiger partial charge on any atom is -0.352 e. The highest BCUT2D eigenvalue weighted by molar-refractivity contribution is 5.80. The Bertz CT molecular complexity index is 771. The number of benzene rings is 1. The zero-order valence-corrected chi connectivity index (χ0v) is 16.1. The van der Waals surface area contributed by atoms with E-state index in [4.69, 9.17) is 0 Å². The van der Waals surface area contributed by atoms with E-state index in [0.717, 1.165) is 32.0 Å². The first-order valence-electron chi connectivity index (χ1n) is 9.48. The summed E-state index contributed by atoms with van der Waals surface area (Å²) in [5, 5.41) is 11.1. The number of rotatable bonds is 6. The van der Waals surface area contributed by atoms with Gasteiger partial charge in [-0.25, -0.2) is 0 Å². The van der Waals surface area contributed by atoms with E-state index in [1.807, 2.05) is 40.9 Å². The molecule has 1 atom stereocenters. The normalized spacial score (nSPS) is 17.2. The molecule has 1 aliphatic heterocycles. The maximum absolute atomic E-state index is 11.8. The standard InChI is InChI=1S/C20H28N6O/c1-3-19(27)25-12-9-18(15-25)24-20(21-2)22-13-16-7-4-5-8-17(16)14-26-11-6-10-23-26/h4-8,10-11,18H,3,9,12-15H2,1-2H3,(H2,21,22,24). The summed E-state index contributed by atoms with van der Waals surface area (Å²) in [4.78, 5) is 18.1. The maximum atomic E-state index is 11.8. The van der Waals surface area contributed by atoms with E-state index in [1.54, 1.807) is 13.2 Å². The molecule has 0 radical (unpaired) electrons. The number of likely N-dealkylation sites (tertiary alicyclic amines) is 1. The fourth-order valence-corrected chi connectivity index (χ4v) is 3.35. The third-order valence-electron chi connectivity index (χ3n) is 4.86. The van der Waals surface area contributed by atoms with E-state index in [2.05, 4.69) is 32.9 Å². The third-order valence-corrected chi connectivity index (χ3v) is 4.86. The van der Waals surface area contributed by atoms with Crippen molar-refractivity contribution in [2.75, 3.05) is 20.1 Å². The first kappa shape index (κ1) is 18.9. The summed E-state index contributed by atoms with van der Waals surface area (Å²) in [6.45, 7) is 4.89. The summed E-state index contributed by atoms with van der Waals surface area (Å²) in [7, 11) is 1.77. The van der Waals surface area contributed by atoms with Crippen molar-refractivity contribution in [2.24, 2.45) is 4.99 Å². The molecule has 1 saturated heterocycles. The summed E-state index contributed by atoms with van der Waals surface area (Å²) in [6.07, 6.45) is 5.27. The lowest BCUT2D eigenvalue weighted by molar-refractivity contribution is -0.129. The Morgan fingerprint density at radius 2 is 2.11 bits per heavy atom. The zero-order chi connectivity index (χ0) is 19.1. The van der Waals surface area contributed by atoms with E-state index < -0.39 is 0 Å². The number of amides is 1. The minimum absolute atomic E-state index is 0.217. The molecule has 0 spiro atoms. The van der Waals surface area contributed by atoms with Crippen LogP contribution in [0.5, 0.6) is 0 Å². The second-order valence-electron chi connectivity index (χ2n) is 6.72. The lowest BCUT2D eigenvalue weighted by atomic mass is 10.1. The lowest BCUT2D eigenvalue weighted by Crippen LogP contribution is -2.44. The van der Waals surface area contributed by atoms with Crippen LogP contribution >= 0.6 is 0 Å². The van der Waals surface area contributed by atoms with Gasteiger partial charge in [0.05, 0.1) is 6.54 Å². The summed E-state index contributed by atoms with van der Waals surface area (Å²) < 4.78 is 1.92.